The van der Waals surface area contributed by atoms with Crippen LogP contribution in [-0.2, 0) is 0 Å². The summed E-state index contributed by atoms with van der Waals surface area (Å²) in [6.07, 6.45) is 3.86. The van der Waals surface area contributed by atoms with E-state index in [-0.39, 0.29) is 6.04 Å². The van der Waals surface area contributed by atoms with Gasteiger partial charge in [-0.1, -0.05) is 50.4 Å². The first-order chi connectivity index (χ1) is 9.72. The van der Waals surface area contributed by atoms with E-state index >= 15 is 0 Å². The number of benzene rings is 1. The SMILES string of the molecule is C=C/C1=C(\C=C)C(NCC)c2ccccc2N(C)SS1. The Balaban J connectivity index is 2.62. The molecular weight excluding hydrogens is 284 g/mol. The molecule has 1 heterocycles. The molecular formula is C16H20N2S2. The van der Waals surface area contributed by atoms with Gasteiger partial charge in [-0.25, -0.2) is 0 Å². The van der Waals surface area contributed by atoms with Crippen molar-refractivity contribution in [3.63, 3.8) is 0 Å². The normalized spacial score (nSPS) is 22.7. The summed E-state index contributed by atoms with van der Waals surface area (Å²) in [6, 6.07) is 8.66. The molecule has 2 nitrogen and oxygen atoms in total. The van der Waals surface area contributed by atoms with E-state index < -0.39 is 0 Å². The molecule has 1 aliphatic heterocycles. The Hall–Kier alpha value is -1.10. The van der Waals surface area contributed by atoms with E-state index in [9.17, 15) is 0 Å². The van der Waals surface area contributed by atoms with Crippen molar-refractivity contribution < 1.29 is 0 Å². The van der Waals surface area contributed by atoms with E-state index in [1.54, 1.807) is 21.8 Å². The van der Waals surface area contributed by atoms with Crippen LogP contribution in [0.1, 0.15) is 18.5 Å². The summed E-state index contributed by atoms with van der Waals surface area (Å²) in [5.74, 6) is 0. The summed E-state index contributed by atoms with van der Waals surface area (Å²) in [6.45, 7) is 11.0. The van der Waals surface area contributed by atoms with Crippen LogP contribution >= 0.6 is 21.8 Å². The predicted molar refractivity (Wildman–Crippen MR) is 93.9 cm³/mol. The number of anilines is 1. The standard InChI is InChI=1S/C16H20N2S2/c1-5-12-15(6-2)19-20-18(4)14-11-9-8-10-13(14)16(12)17-7-3/h5-6,8-11,16-17H,1-2,7H2,3-4H3/b15-12-. The molecule has 0 aliphatic carbocycles. The van der Waals surface area contributed by atoms with Crippen molar-refractivity contribution in [1.82, 2.24) is 5.32 Å². The molecule has 0 amide bonds. The maximum atomic E-state index is 4.00. The van der Waals surface area contributed by atoms with Crippen LogP contribution in [0.25, 0.3) is 0 Å². The smallest absolute Gasteiger partial charge is 0.0608 e. The zero-order valence-electron chi connectivity index (χ0n) is 11.9. The maximum absolute atomic E-state index is 4.00. The molecule has 1 atom stereocenters. The number of nitrogens with zero attached hydrogens (tertiary/aromatic N) is 1. The first-order valence-electron chi connectivity index (χ1n) is 6.62. The molecule has 20 heavy (non-hydrogen) atoms. The highest BCUT2D eigenvalue weighted by atomic mass is 33.1. The van der Waals surface area contributed by atoms with Gasteiger partial charge in [-0.3, -0.25) is 0 Å². The number of likely N-dealkylation sites (N-methyl/N-ethyl adjacent to an activating group) is 1. The molecule has 1 unspecified atom stereocenters. The fraction of sp³-hybridized carbons (Fsp3) is 0.250. The third kappa shape index (κ3) is 2.97. The highest BCUT2D eigenvalue weighted by molar-refractivity contribution is 8.78. The third-order valence-electron chi connectivity index (χ3n) is 3.23. The Morgan fingerprint density at radius 3 is 2.70 bits per heavy atom. The van der Waals surface area contributed by atoms with Crippen molar-refractivity contribution in [2.75, 3.05) is 17.9 Å². The third-order valence-corrected chi connectivity index (χ3v) is 5.74. The number of hydrogen-bond acceptors (Lipinski definition) is 4. The molecule has 0 spiro atoms. The quantitative estimate of drug-likeness (QED) is 0.640. The summed E-state index contributed by atoms with van der Waals surface area (Å²) in [4.78, 5) is 1.16. The molecule has 1 N–H and O–H groups in total. The number of nitrogens with one attached hydrogen (secondary N) is 1. The molecule has 0 saturated carbocycles. The van der Waals surface area contributed by atoms with Crippen molar-refractivity contribution >= 4 is 27.5 Å². The molecule has 0 saturated heterocycles. The number of allylic oxidation sites excluding steroid dienone is 1. The molecule has 1 aromatic carbocycles. The number of para-hydroxylation sites is 1. The molecule has 4 heteroatoms. The van der Waals surface area contributed by atoms with E-state index in [1.165, 1.54) is 16.8 Å². The maximum Gasteiger partial charge on any atom is 0.0608 e. The minimum Gasteiger partial charge on any atom is -0.310 e. The minimum absolute atomic E-state index is 0.151. The van der Waals surface area contributed by atoms with Crippen molar-refractivity contribution in [2.24, 2.45) is 0 Å². The van der Waals surface area contributed by atoms with E-state index in [4.69, 9.17) is 0 Å². The van der Waals surface area contributed by atoms with Crippen molar-refractivity contribution in [1.29, 1.82) is 0 Å². The zero-order chi connectivity index (χ0) is 14.5. The first-order valence-corrected chi connectivity index (χ1v) is 8.73. The molecule has 106 valence electrons. The number of fused-ring (bicyclic) bond motifs is 1. The average molecular weight is 304 g/mol. The first kappa shape index (κ1) is 15.3. The zero-order valence-corrected chi connectivity index (χ0v) is 13.6. The summed E-state index contributed by atoms with van der Waals surface area (Å²) in [7, 11) is 5.53. The summed E-state index contributed by atoms with van der Waals surface area (Å²) < 4.78 is 2.20. The molecule has 0 bridgehead atoms. The average Bonchev–Trinajstić information content (AvgIpc) is 2.48. The van der Waals surface area contributed by atoms with Crippen LogP contribution in [0.2, 0.25) is 0 Å². The van der Waals surface area contributed by atoms with Gasteiger partial charge in [-0.2, -0.15) is 0 Å². The van der Waals surface area contributed by atoms with Gasteiger partial charge < -0.3 is 9.62 Å². The Morgan fingerprint density at radius 2 is 2.05 bits per heavy atom. The molecule has 0 aromatic heterocycles. The van der Waals surface area contributed by atoms with Crippen molar-refractivity contribution in [2.45, 2.75) is 13.0 Å². The molecule has 0 radical (unpaired) electrons. The largest absolute Gasteiger partial charge is 0.310 e. The fourth-order valence-corrected chi connectivity index (χ4v) is 4.42. The summed E-state index contributed by atoms with van der Waals surface area (Å²) in [5, 5.41) is 3.57. The van der Waals surface area contributed by atoms with E-state index in [0.29, 0.717) is 0 Å². The fourth-order valence-electron chi connectivity index (χ4n) is 2.31. The Labute approximate surface area is 129 Å². The van der Waals surface area contributed by atoms with Crippen molar-refractivity contribution in [3.05, 3.63) is 65.6 Å². The van der Waals surface area contributed by atoms with Crippen LogP contribution in [0.3, 0.4) is 0 Å². The van der Waals surface area contributed by atoms with Crippen LogP contribution in [0.15, 0.2) is 60.1 Å². The Morgan fingerprint density at radius 1 is 1.30 bits per heavy atom. The Bertz CT molecular complexity index is 537. The number of hydrogen-bond donors (Lipinski definition) is 1. The van der Waals surface area contributed by atoms with Gasteiger partial charge in [-0.15, -0.1) is 0 Å². The number of rotatable bonds is 4. The lowest BCUT2D eigenvalue weighted by Crippen LogP contribution is -2.25. The van der Waals surface area contributed by atoms with Crippen LogP contribution in [0, 0.1) is 0 Å². The van der Waals surface area contributed by atoms with E-state index in [1.807, 2.05) is 12.2 Å². The van der Waals surface area contributed by atoms with E-state index in [2.05, 4.69) is 61.0 Å². The highest BCUT2D eigenvalue weighted by Gasteiger charge is 2.24. The minimum atomic E-state index is 0.151. The van der Waals surface area contributed by atoms with Gasteiger partial charge in [0.1, 0.15) is 0 Å². The predicted octanol–water partition coefficient (Wildman–Crippen LogP) is 4.71. The molecule has 1 aliphatic rings. The van der Waals surface area contributed by atoms with Crippen LogP contribution < -0.4 is 9.62 Å². The second-order valence-electron chi connectivity index (χ2n) is 4.43. The van der Waals surface area contributed by atoms with Crippen LogP contribution in [-0.4, -0.2) is 13.6 Å². The molecule has 2 rings (SSSR count). The van der Waals surface area contributed by atoms with Crippen LogP contribution in [0.4, 0.5) is 5.69 Å². The van der Waals surface area contributed by atoms with Gasteiger partial charge in [0.2, 0.25) is 0 Å². The van der Waals surface area contributed by atoms with Gasteiger partial charge in [-0.05, 0) is 34.5 Å². The lowest BCUT2D eigenvalue weighted by Gasteiger charge is -2.30. The van der Waals surface area contributed by atoms with Crippen molar-refractivity contribution in [3.8, 4) is 0 Å². The molecule has 1 aromatic rings. The second kappa shape index (κ2) is 7.07. The lowest BCUT2D eigenvalue weighted by atomic mass is 9.96. The topological polar surface area (TPSA) is 15.3 Å². The van der Waals surface area contributed by atoms with Gasteiger partial charge >= 0.3 is 0 Å². The van der Waals surface area contributed by atoms with Gasteiger partial charge in [0.25, 0.3) is 0 Å². The lowest BCUT2D eigenvalue weighted by molar-refractivity contribution is 0.629. The summed E-state index contributed by atoms with van der Waals surface area (Å²) in [5.41, 5.74) is 3.71. The van der Waals surface area contributed by atoms with Gasteiger partial charge in [0, 0.05) is 22.9 Å². The molecule has 0 fully saturated rings. The van der Waals surface area contributed by atoms with Crippen LogP contribution in [0.5, 0.6) is 0 Å². The van der Waals surface area contributed by atoms with Gasteiger partial charge in [0.15, 0.2) is 0 Å². The van der Waals surface area contributed by atoms with Gasteiger partial charge in [0.05, 0.1) is 11.7 Å². The monoisotopic (exact) mass is 304 g/mol. The Kier molecular flexibility index (Phi) is 5.40. The van der Waals surface area contributed by atoms with E-state index in [0.717, 1.165) is 11.4 Å². The highest BCUT2D eigenvalue weighted by Crippen LogP contribution is 2.45. The summed E-state index contributed by atoms with van der Waals surface area (Å²) >= 11 is 0. The second-order valence-corrected chi connectivity index (χ2v) is 6.68.